The van der Waals surface area contributed by atoms with Crippen molar-refractivity contribution in [3.63, 3.8) is 0 Å². The normalized spacial score (nSPS) is 23.9. The van der Waals surface area contributed by atoms with Gasteiger partial charge in [-0.25, -0.2) is 0 Å². The second-order valence-corrected chi connectivity index (χ2v) is 5.09. The summed E-state index contributed by atoms with van der Waals surface area (Å²) in [4.78, 5) is 15.8. The highest BCUT2D eigenvalue weighted by atomic mass is 16.1. The van der Waals surface area contributed by atoms with Gasteiger partial charge in [-0.15, -0.1) is 0 Å². The standard InChI is InChI=1S/C12H26N4O/c1-14-11(12(13)17)6-8-16-7-4-5-10(9-16)15(2)3/h10-11,14H,4-9H2,1-3H3,(H2,13,17). The van der Waals surface area contributed by atoms with Gasteiger partial charge < -0.3 is 20.9 Å². The topological polar surface area (TPSA) is 61.6 Å². The highest BCUT2D eigenvalue weighted by molar-refractivity contribution is 5.79. The third-order valence-electron chi connectivity index (χ3n) is 3.64. The van der Waals surface area contributed by atoms with Gasteiger partial charge in [0.05, 0.1) is 6.04 Å². The van der Waals surface area contributed by atoms with Gasteiger partial charge in [-0.1, -0.05) is 0 Å². The van der Waals surface area contributed by atoms with Crippen LogP contribution in [0.2, 0.25) is 0 Å². The van der Waals surface area contributed by atoms with Crippen LogP contribution < -0.4 is 11.1 Å². The molecule has 1 aliphatic rings. The Hall–Kier alpha value is -0.650. The third kappa shape index (κ3) is 4.61. The molecule has 0 spiro atoms. The largest absolute Gasteiger partial charge is 0.368 e. The zero-order valence-corrected chi connectivity index (χ0v) is 11.3. The van der Waals surface area contributed by atoms with E-state index in [9.17, 15) is 4.79 Å². The molecule has 0 aromatic carbocycles. The van der Waals surface area contributed by atoms with Gasteiger partial charge in [0.25, 0.3) is 0 Å². The number of nitrogens with one attached hydrogen (secondary N) is 1. The molecular formula is C12H26N4O. The molecule has 5 nitrogen and oxygen atoms in total. The van der Waals surface area contributed by atoms with Gasteiger partial charge in [0.2, 0.25) is 5.91 Å². The molecule has 1 aliphatic heterocycles. The molecule has 0 aromatic heterocycles. The van der Waals surface area contributed by atoms with Crippen LogP contribution in [0.25, 0.3) is 0 Å². The number of nitrogens with two attached hydrogens (primary N) is 1. The summed E-state index contributed by atoms with van der Waals surface area (Å²) in [5.74, 6) is -0.256. The van der Waals surface area contributed by atoms with Crippen LogP contribution in [0.3, 0.4) is 0 Å². The van der Waals surface area contributed by atoms with Crippen molar-refractivity contribution in [1.82, 2.24) is 15.1 Å². The molecule has 17 heavy (non-hydrogen) atoms. The molecule has 0 saturated carbocycles. The number of carbonyl (C=O) groups excluding carboxylic acids is 1. The number of amides is 1. The Morgan fingerprint density at radius 1 is 1.59 bits per heavy atom. The summed E-state index contributed by atoms with van der Waals surface area (Å²) in [6, 6.07) is 0.445. The molecule has 1 fully saturated rings. The molecule has 3 N–H and O–H groups in total. The predicted molar refractivity (Wildman–Crippen MR) is 69.8 cm³/mol. The van der Waals surface area contributed by atoms with Crippen LogP contribution in [0.4, 0.5) is 0 Å². The van der Waals surface area contributed by atoms with Crippen LogP contribution in [0, 0.1) is 0 Å². The minimum atomic E-state index is -0.256. The molecule has 0 aromatic rings. The fraction of sp³-hybridized carbons (Fsp3) is 0.917. The molecule has 0 radical (unpaired) electrons. The monoisotopic (exact) mass is 242 g/mol. The fourth-order valence-corrected chi connectivity index (χ4v) is 2.40. The van der Waals surface area contributed by atoms with Crippen molar-refractivity contribution in [1.29, 1.82) is 0 Å². The van der Waals surface area contributed by atoms with E-state index in [0.717, 1.165) is 26.1 Å². The van der Waals surface area contributed by atoms with Crippen molar-refractivity contribution in [3.8, 4) is 0 Å². The Morgan fingerprint density at radius 2 is 2.29 bits per heavy atom. The SMILES string of the molecule is CNC(CCN1CCCC(N(C)C)C1)C(N)=O. The Kier molecular flexibility index (Phi) is 5.88. The lowest BCUT2D eigenvalue weighted by Crippen LogP contribution is -2.47. The molecule has 0 aliphatic carbocycles. The van der Waals surface area contributed by atoms with E-state index in [4.69, 9.17) is 5.73 Å². The lowest BCUT2D eigenvalue weighted by atomic mass is 10.0. The Bertz CT molecular complexity index is 245. The van der Waals surface area contributed by atoms with Gasteiger partial charge >= 0.3 is 0 Å². The van der Waals surface area contributed by atoms with E-state index in [-0.39, 0.29) is 11.9 Å². The Morgan fingerprint density at radius 3 is 2.82 bits per heavy atom. The predicted octanol–water partition coefficient (Wildman–Crippen LogP) is -0.524. The lowest BCUT2D eigenvalue weighted by Gasteiger charge is -2.36. The number of hydrogen-bond acceptors (Lipinski definition) is 4. The molecule has 0 bridgehead atoms. The van der Waals surface area contributed by atoms with Crippen LogP contribution in [0.15, 0.2) is 0 Å². The van der Waals surface area contributed by atoms with E-state index in [1.165, 1.54) is 12.8 Å². The first-order chi connectivity index (χ1) is 8.04. The molecular weight excluding hydrogens is 216 g/mol. The number of carbonyl (C=O) groups is 1. The number of likely N-dealkylation sites (tertiary alicyclic amines) is 1. The molecule has 2 unspecified atom stereocenters. The van der Waals surface area contributed by atoms with E-state index in [0.29, 0.717) is 6.04 Å². The summed E-state index contributed by atoms with van der Waals surface area (Å²) in [6.07, 6.45) is 3.31. The van der Waals surface area contributed by atoms with Gasteiger partial charge in [0, 0.05) is 19.1 Å². The van der Waals surface area contributed by atoms with Gasteiger partial charge in [0.1, 0.15) is 0 Å². The zero-order valence-electron chi connectivity index (χ0n) is 11.3. The molecule has 1 heterocycles. The molecule has 2 atom stereocenters. The summed E-state index contributed by atoms with van der Waals surface area (Å²) in [5, 5.41) is 2.96. The smallest absolute Gasteiger partial charge is 0.234 e. The average Bonchev–Trinajstić information content (AvgIpc) is 2.29. The second kappa shape index (κ2) is 6.93. The van der Waals surface area contributed by atoms with Gasteiger partial charge in [-0.3, -0.25) is 4.79 Å². The van der Waals surface area contributed by atoms with Crippen molar-refractivity contribution < 1.29 is 4.79 Å². The van der Waals surface area contributed by atoms with Crippen molar-refractivity contribution in [2.45, 2.75) is 31.3 Å². The van der Waals surface area contributed by atoms with Crippen molar-refractivity contribution in [2.75, 3.05) is 40.8 Å². The number of likely N-dealkylation sites (N-methyl/N-ethyl adjacent to an activating group) is 2. The maximum Gasteiger partial charge on any atom is 0.234 e. The first-order valence-corrected chi connectivity index (χ1v) is 6.40. The summed E-state index contributed by atoms with van der Waals surface area (Å²) in [5.41, 5.74) is 5.31. The first kappa shape index (κ1) is 14.4. The highest BCUT2D eigenvalue weighted by Gasteiger charge is 2.22. The van der Waals surface area contributed by atoms with Crippen LogP contribution in [0.1, 0.15) is 19.3 Å². The highest BCUT2D eigenvalue weighted by Crippen LogP contribution is 2.14. The summed E-state index contributed by atoms with van der Waals surface area (Å²) >= 11 is 0. The number of primary amides is 1. The van der Waals surface area contributed by atoms with Gasteiger partial charge in [-0.2, -0.15) is 0 Å². The number of nitrogens with zero attached hydrogens (tertiary/aromatic N) is 2. The Balaban J connectivity index is 2.33. The average molecular weight is 242 g/mol. The minimum absolute atomic E-state index is 0.199. The van der Waals surface area contributed by atoms with E-state index in [1.807, 2.05) is 0 Å². The third-order valence-corrected chi connectivity index (χ3v) is 3.64. The van der Waals surface area contributed by atoms with Crippen molar-refractivity contribution >= 4 is 5.91 Å². The summed E-state index contributed by atoms with van der Waals surface area (Å²) in [7, 11) is 6.05. The van der Waals surface area contributed by atoms with Gasteiger partial charge in [0.15, 0.2) is 0 Å². The van der Waals surface area contributed by atoms with Crippen LogP contribution in [0.5, 0.6) is 0 Å². The number of rotatable bonds is 6. The molecule has 1 amide bonds. The van der Waals surface area contributed by atoms with Crippen molar-refractivity contribution in [3.05, 3.63) is 0 Å². The molecule has 5 heteroatoms. The maximum atomic E-state index is 11.1. The van der Waals surface area contributed by atoms with E-state index >= 15 is 0 Å². The summed E-state index contributed by atoms with van der Waals surface area (Å²) < 4.78 is 0. The minimum Gasteiger partial charge on any atom is -0.368 e. The van der Waals surface area contributed by atoms with Crippen LogP contribution in [-0.4, -0.2) is 68.6 Å². The van der Waals surface area contributed by atoms with E-state index in [2.05, 4.69) is 29.2 Å². The quantitative estimate of drug-likeness (QED) is 0.658. The van der Waals surface area contributed by atoms with Crippen molar-refractivity contribution in [2.24, 2.45) is 5.73 Å². The number of piperidine rings is 1. The van der Waals surface area contributed by atoms with Crippen LogP contribution >= 0.6 is 0 Å². The first-order valence-electron chi connectivity index (χ1n) is 6.40. The summed E-state index contributed by atoms with van der Waals surface area (Å²) in [6.45, 7) is 3.18. The molecule has 100 valence electrons. The molecule has 1 saturated heterocycles. The fourth-order valence-electron chi connectivity index (χ4n) is 2.40. The zero-order chi connectivity index (χ0) is 12.8. The Labute approximate surface area is 104 Å². The number of hydrogen-bond donors (Lipinski definition) is 2. The lowest BCUT2D eigenvalue weighted by molar-refractivity contribution is -0.120. The molecule has 1 rings (SSSR count). The van der Waals surface area contributed by atoms with E-state index < -0.39 is 0 Å². The second-order valence-electron chi connectivity index (χ2n) is 5.09. The van der Waals surface area contributed by atoms with Crippen LogP contribution in [-0.2, 0) is 4.79 Å². The van der Waals surface area contributed by atoms with Gasteiger partial charge in [-0.05, 0) is 47.0 Å². The van der Waals surface area contributed by atoms with E-state index in [1.54, 1.807) is 7.05 Å². The maximum absolute atomic E-state index is 11.1.